The van der Waals surface area contributed by atoms with Crippen molar-refractivity contribution in [1.82, 2.24) is 0 Å². The molecule has 160 valence electrons. The Bertz CT molecular complexity index is 876. The van der Waals surface area contributed by atoms with E-state index in [0.29, 0.717) is 11.4 Å². The number of anilines is 2. The maximum Gasteiger partial charge on any atom is 0.311 e. The number of nitrogens with one attached hydrogen (secondary N) is 1. The second-order valence-corrected chi connectivity index (χ2v) is 7.26. The van der Waals surface area contributed by atoms with Crippen LogP contribution in [0.15, 0.2) is 42.5 Å². The normalized spacial score (nSPS) is 14.7. The number of ether oxygens (including phenoxy) is 3. The van der Waals surface area contributed by atoms with Crippen molar-refractivity contribution in [2.45, 2.75) is 26.4 Å². The Balaban J connectivity index is 1.53. The molecule has 0 radical (unpaired) electrons. The fraction of sp³-hybridized carbons (Fsp3) is 0.391. The average Bonchev–Trinajstić information content (AvgIpc) is 2.75. The molecule has 2 aromatic rings. The standard InChI is InChI=1S/C23H28N2O5/c1-16-4-9-21(28-3)18(14-16)15-22(26)30-17(2)23(27)24-19-5-7-20(8-6-19)25-10-12-29-13-11-25/h4-9,14,17H,10-13,15H2,1-3H3,(H,24,27)/t17-/m1/s1. The third kappa shape index (κ3) is 5.73. The van der Waals surface area contributed by atoms with Crippen LogP contribution in [0.2, 0.25) is 0 Å². The topological polar surface area (TPSA) is 77.1 Å². The van der Waals surface area contributed by atoms with Gasteiger partial charge in [0.15, 0.2) is 6.10 Å². The number of benzene rings is 2. The summed E-state index contributed by atoms with van der Waals surface area (Å²) < 4.78 is 16.0. The second-order valence-electron chi connectivity index (χ2n) is 7.26. The van der Waals surface area contributed by atoms with Crippen molar-refractivity contribution in [2.75, 3.05) is 43.6 Å². The van der Waals surface area contributed by atoms with Gasteiger partial charge in [0.05, 0.1) is 26.7 Å². The zero-order valence-corrected chi connectivity index (χ0v) is 17.6. The maximum absolute atomic E-state index is 12.4. The molecule has 1 saturated heterocycles. The van der Waals surface area contributed by atoms with Crippen molar-refractivity contribution in [2.24, 2.45) is 0 Å². The van der Waals surface area contributed by atoms with E-state index in [1.54, 1.807) is 14.0 Å². The highest BCUT2D eigenvalue weighted by Crippen LogP contribution is 2.21. The summed E-state index contributed by atoms with van der Waals surface area (Å²) in [5.74, 6) is -0.238. The fourth-order valence-electron chi connectivity index (χ4n) is 3.31. The number of rotatable bonds is 7. The number of esters is 1. The molecule has 0 aromatic heterocycles. The molecule has 7 nitrogen and oxygen atoms in total. The van der Waals surface area contributed by atoms with Crippen LogP contribution >= 0.6 is 0 Å². The summed E-state index contributed by atoms with van der Waals surface area (Å²) in [6.45, 7) is 6.64. The highest BCUT2D eigenvalue weighted by molar-refractivity contribution is 5.95. The molecule has 30 heavy (non-hydrogen) atoms. The summed E-state index contributed by atoms with van der Waals surface area (Å²) in [5.41, 5.74) is 3.49. The summed E-state index contributed by atoms with van der Waals surface area (Å²) >= 11 is 0. The van der Waals surface area contributed by atoms with Gasteiger partial charge in [0, 0.05) is 30.0 Å². The Morgan fingerprint density at radius 1 is 1.13 bits per heavy atom. The first-order valence-electron chi connectivity index (χ1n) is 10.0. The number of morpholine rings is 1. The average molecular weight is 412 g/mol. The van der Waals surface area contributed by atoms with Crippen molar-refractivity contribution in [3.05, 3.63) is 53.6 Å². The van der Waals surface area contributed by atoms with E-state index in [2.05, 4.69) is 10.2 Å². The molecule has 2 aromatic carbocycles. The van der Waals surface area contributed by atoms with Crippen molar-refractivity contribution >= 4 is 23.3 Å². The van der Waals surface area contributed by atoms with Crippen LogP contribution in [0.5, 0.6) is 5.75 Å². The zero-order valence-electron chi connectivity index (χ0n) is 17.6. The smallest absolute Gasteiger partial charge is 0.311 e. The molecular formula is C23H28N2O5. The van der Waals surface area contributed by atoms with Gasteiger partial charge in [-0.05, 0) is 44.2 Å². The number of carbonyl (C=O) groups is 2. The van der Waals surface area contributed by atoms with Crippen molar-refractivity contribution in [3.63, 3.8) is 0 Å². The van der Waals surface area contributed by atoms with Gasteiger partial charge in [-0.25, -0.2) is 0 Å². The molecule has 1 fully saturated rings. The van der Waals surface area contributed by atoms with Gasteiger partial charge >= 0.3 is 5.97 Å². The summed E-state index contributed by atoms with van der Waals surface area (Å²) in [5, 5.41) is 2.79. The number of hydrogen-bond acceptors (Lipinski definition) is 6. The van der Waals surface area contributed by atoms with E-state index >= 15 is 0 Å². The predicted octanol–water partition coefficient (Wildman–Crippen LogP) is 2.95. The maximum atomic E-state index is 12.4. The molecule has 3 rings (SSSR count). The molecule has 0 unspecified atom stereocenters. The SMILES string of the molecule is COc1ccc(C)cc1CC(=O)O[C@H](C)C(=O)Nc1ccc(N2CCOCC2)cc1. The first kappa shape index (κ1) is 21.6. The Hall–Kier alpha value is -3.06. The van der Waals surface area contributed by atoms with E-state index in [1.165, 1.54) is 0 Å². The van der Waals surface area contributed by atoms with Crippen LogP contribution in [-0.2, 0) is 25.5 Å². The van der Waals surface area contributed by atoms with Crippen molar-refractivity contribution < 1.29 is 23.8 Å². The largest absolute Gasteiger partial charge is 0.496 e. The van der Waals surface area contributed by atoms with Gasteiger partial charge in [-0.3, -0.25) is 9.59 Å². The Labute approximate surface area is 176 Å². The van der Waals surface area contributed by atoms with Crippen LogP contribution in [0.25, 0.3) is 0 Å². The highest BCUT2D eigenvalue weighted by atomic mass is 16.5. The van der Waals surface area contributed by atoms with E-state index in [-0.39, 0.29) is 12.3 Å². The molecule has 1 amide bonds. The molecule has 1 aliphatic rings. The first-order valence-corrected chi connectivity index (χ1v) is 10.0. The number of amides is 1. The van der Waals surface area contributed by atoms with Crippen LogP contribution in [0.1, 0.15) is 18.1 Å². The van der Waals surface area contributed by atoms with Gasteiger partial charge in [-0.1, -0.05) is 17.7 Å². The lowest BCUT2D eigenvalue weighted by atomic mass is 10.1. The molecular weight excluding hydrogens is 384 g/mol. The number of carbonyl (C=O) groups excluding carboxylic acids is 2. The van der Waals surface area contributed by atoms with Crippen molar-refractivity contribution in [1.29, 1.82) is 0 Å². The van der Waals surface area contributed by atoms with Gasteiger partial charge in [0.25, 0.3) is 5.91 Å². The van der Waals surface area contributed by atoms with E-state index in [1.807, 2.05) is 49.4 Å². The molecule has 1 atom stereocenters. The molecule has 1 N–H and O–H groups in total. The highest BCUT2D eigenvalue weighted by Gasteiger charge is 2.19. The Kier molecular flexibility index (Phi) is 7.30. The minimum absolute atomic E-state index is 0.0384. The summed E-state index contributed by atoms with van der Waals surface area (Å²) in [4.78, 5) is 27.0. The van der Waals surface area contributed by atoms with Crippen molar-refractivity contribution in [3.8, 4) is 5.75 Å². The third-order valence-electron chi connectivity index (χ3n) is 4.96. The van der Waals surface area contributed by atoms with Gasteiger partial charge in [-0.2, -0.15) is 0 Å². The van der Waals surface area contributed by atoms with Crippen LogP contribution in [-0.4, -0.2) is 51.4 Å². The number of aryl methyl sites for hydroxylation is 1. The molecule has 7 heteroatoms. The Morgan fingerprint density at radius 2 is 1.83 bits per heavy atom. The monoisotopic (exact) mass is 412 g/mol. The molecule has 0 bridgehead atoms. The van der Waals surface area contributed by atoms with E-state index < -0.39 is 12.1 Å². The Morgan fingerprint density at radius 3 is 2.50 bits per heavy atom. The van der Waals surface area contributed by atoms with Gasteiger partial charge in [-0.15, -0.1) is 0 Å². The fourth-order valence-corrected chi connectivity index (χ4v) is 3.31. The molecule has 0 spiro atoms. The molecule has 1 heterocycles. The van der Waals surface area contributed by atoms with Gasteiger partial charge < -0.3 is 24.4 Å². The first-order chi connectivity index (χ1) is 14.5. The summed E-state index contributed by atoms with van der Waals surface area (Å²) in [6, 6.07) is 13.2. The number of hydrogen-bond donors (Lipinski definition) is 1. The molecule has 0 aliphatic carbocycles. The van der Waals surface area contributed by atoms with E-state index in [9.17, 15) is 9.59 Å². The summed E-state index contributed by atoms with van der Waals surface area (Å²) in [7, 11) is 1.56. The van der Waals surface area contributed by atoms with Gasteiger partial charge in [0.1, 0.15) is 5.75 Å². The van der Waals surface area contributed by atoms with Crippen LogP contribution in [0, 0.1) is 6.92 Å². The van der Waals surface area contributed by atoms with Crippen LogP contribution in [0.3, 0.4) is 0 Å². The summed E-state index contributed by atoms with van der Waals surface area (Å²) in [6.07, 6.45) is -0.872. The van der Waals surface area contributed by atoms with Crippen LogP contribution < -0.4 is 15.0 Å². The minimum atomic E-state index is -0.910. The van der Waals surface area contributed by atoms with Gasteiger partial charge in [0.2, 0.25) is 0 Å². The lowest BCUT2D eigenvalue weighted by Gasteiger charge is -2.28. The lowest BCUT2D eigenvalue weighted by molar-refractivity contribution is -0.152. The predicted molar refractivity (Wildman–Crippen MR) is 115 cm³/mol. The molecule has 0 saturated carbocycles. The lowest BCUT2D eigenvalue weighted by Crippen LogP contribution is -2.36. The third-order valence-corrected chi connectivity index (χ3v) is 4.96. The molecule has 1 aliphatic heterocycles. The second kappa shape index (κ2) is 10.1. The number of methoxy groups -OCH3 is 1. The van der Waals surface area contributed by atoms with E-state index in [4.69, 9.17) is 14.2 Å². The van der Waals surface area contributed by atoms with E-state index in [0.717, 1.165) is 43.1 Å². The quantitative estimate of drug-likeness (QED) is 0.705. The van der Waals surface area contributed by atoms with Crippen LogP contribution in [0.4, 0.5) is 11.4 Å². The minimum Gasteiger partial charge on any atom is -0.496 e. The number of nitrogens with zero attached hydrogens (tertiary/aromatic N) is 1. The zero-order chi connectivity index (χ0) is 21.5.